The van der Waals surface area contributed by atoms with Crippen molar-refractivity contribution >= 4 is 23.4 Å². The molecule has 0 aromatic heterocycles. The van der Waals surface area contributed by atoms with Crippen molar-refractivity contribution in [3.63, 3.8) is 0 Å². The van der Waals surface area contributed by atoms with E-state index in [9.17, 15) is 14.9 Å². The third kappa shape index (κ3) is 4.85. The van der Waals surface area contributed by atoms with Crippen molar-refractivity contribution in [2.45, 2.75) is 30.9 Å². The fourth-order valence-corrected chi connectivity index (χ4v) is 2.83. The van der Waals surface area contributed by atoms with Crippen molar-refractivity contribution in [3.05, 3.63) is 34.4 Å². The van der Waals surface area contributed by atoms with E-state index in [0.29, 0.717) is 5.92 Å². The molecule has 5 nitrogen and oxygen atoms in total. The number of non-ortho nitro benzene ring substituents is 1. The minimum Gasteiger partial charge on any atom is -0.345 e. The monoisotopic (exact) mass is 296 g/mol. The number of hydrogen-bond acceptors (Lipinski definition) is 4. The van der Waals surface area contributed by atoms with Crippen LogP contribution in [0.1, 0.15) is 20.8 Å². The SMILES string of the molecule is CC(C)CN(C)C(=O)C(C)Sc1ccc([N+](=O)[O-])cc1. The first-order valence-electron chi connectivity index (χ1n) is 6.47. The molecule has 1 amide bonds. The van der Waals surface area contributed by atoms with Crippen LogP contribution in [0.5, 0.6) is 0 Å². The maximum Gasteiger partial charge on any atom is 0.269 e. The van der Waals surface area contributed by atoms with Crippen molar-refractivity contribution in [2.75, 3.05) is 13.6 Å². The van der Waals surface area contributed by atoms with Crippen LogP contribution in [-0.2, 0) is 4.79 Å². The number of nitrogens with zero attached hydrogens (tertiary/aromatic N) is 2. The van der Waals surface area contributed by atoms with Gasteiger partial charge in [-0.05, 0) is 25.0 Å². The number of thioether (sulfide) groups is 1. The fourth-order valence-electron chi connectivity index (χ4n) is 1.85. The summed E-state index contributed by atoms with van der Waals surface area (Å²) in [7, 11) is 1.80. The molecule has 0 fully saturated rings. The smallest absolute Gasteiger partial charge is 0.269 e. The van der Waals surface area contributed by atoms with E-state index in [1.165, 1.54) is 23.9 Å². The summed E-state index contributed by atoms with van der Waals surface area (Å²) in [6.45, 7) is 6.71. The van der Waals surface area contributed by atoms with Gasteiger partial charge in [0.1, 0.15) is 0 Å². The number of nitro groups is 1. The van der Waals surface area contributed by atoms with Gasteiger partial charge in [0.25, 0.3) is 5.69 Å². The van der Waals surface area contributed by atoms with Gasteiger partial charge in [0, 0.05) is 30.6 Å². The van der Waals surface area contributed by atoms with Gasteiger partial charge in [0.2, 0.25) is 5.91 Å². The molecule has 1 atom stereocenters. The highest BCUT2D eigenvalue weighted by atomic mass is 32.2. The van der Waals surface area contributed by atoms with Gasteiger partial charge < -0.3 is 4.90 Å². The minimum atomic E-state index is -0.431. The first-order valence-corrected chi connectivity index (χ1v) is 7.35. The molecule has 0 spiro atoms. The minimum absolute atomic E-state index is 0.0604. The van der Waals surface area contributed by atoms with Crippen LogP contribution >= 0.6 is 11.8 Å². The van der Waals surface area contributed by atoms with E-state index in [4.69, 9.17) is 0 Å². The van der Waals surface area contributed by atoms with Gasteiger partial charge in [-0.15, -0.1) is 11.8 Å². The quantitative estimate of drug-likeness (QED) is 0.459. The Labute approximate surface area is 123 Å². The summed E-state index contributed by atoms with van der Waals surface area (Å²) in [4.78, 5) is 24.9. The second-order valence-corrected chi connectivity index (χ2v) is 6.54. The Morgan fingerprint density at radius 3 is 2.30 bits per heavy atom. The zero-order valence-corrected chi connectivity index (χ0v) is 13.0. The van der Waals surface area contributed by atoms with Gasteiger partial charge in [-0.25, -0.2) is 0 Å². The van der Waals surface area contributed by atoms with Crippen LogP contribution in [-0.4, -0.2) is 34.6 Å². The van der Waals surface area contributed by atoms with Crippen molar-refractivity contribution in [3.8, 4) is 0 Å². The number of rotatable bonds is 6. The second kappa shape index (κ2) is 7.28. The molecule has 0 radical (unpaired) electrons. The maximum atomic E-state index is 12.2. The molecule has 0 aliphatic carbocycles. The summed E-state index contributed by atoms with van der Waals surface area (Å²) in [6.07, 6.45) is 0. The highest BCUT2D eigenvalue weighted by molar-refractivity contribution is 8.00. The third-order valence-corrected chi connectivity index (χ3v) is 3.82. The first-order chi connectivity index (χ1) is 9.31. The normalized spacial score (nSPS) is 12.2. The van der Waals surface area contributed by atoms with Crippen molar-refractivity contribution in [2.24, 2.45) is 5.92 Å². The van der Waals surface area contributed by atoms with E-state index in [0.717, 1.165) is 11.4 Å². The number of hydrogen-bond donors (Lipinski definition) is 0. The summed E-state index contributed by atoms with van der Waals surface area (Å²) in [5, 5.41) is 10.4. The molecule has 0 heterocycles. The van der Waals surface area contributed by atoms with Gasteiger partial charge in [-0.2, -0.15) is 0 Å². The lowest BCUT2D eigenvalue weighted by Gasteiger charge is -2.22. The topological polar surface area (TPSA) is 63.5 Å². The van der Waals surface area contributed by atoms with Crippen LogP contribution in [0.15, 0.2) is 29.2 Å². The largest absolute Gasteiger partial charge is 0.345 e. The zero-order chi connectivity index (χ0) is 15.3. The van der Waals surface area contributed by atoms with Crippen molar-refractivity contribution < 1.29 is 9.72 Å². The van der Waals surface area contributed by atoms with Crippen molar-refractivity contribution in [1.82, 2.24) is 4.90 Å². The lowest BCUT2D eigenvalue weighted by Crippen LogP contribution is -2.35. The first kappa shape index (κ1) is 16.5. The summed E-state index contributed by atoms with van der Waals surface area (Å²) in [5.74, 6) is 0.502. The number of nitro benzene ring substituents is 1. The second-order valence-electron chi connectivity index (χ2n) is 5.12. The molecule has 1 unspecified atom stereocenters. The summed E-state index contributed by atoms with van der Waals surface area (Å²) in [5.41, 5.74) is 0.0604. The molecule has 1 rings (SSSR count). The zero-order valence-electron chi connectivity index (χ0n) is 12.2. The van der Waals surface area contributed by atoms with E-state index in [2.05, 4.69) is 13.8 Å². The van der Waals surface area contributed by atoms with Crippen molar-refractivity contribution in [1.29, 1.82) is 0 Å². The van der Waals surface area contributed by atoms with Gasteiger partial charge in [-0.3, -0.25) is 14.9 Å². The number of amides is 1. The molecule has 0 N–H and O–H groups in total. The molecule has 1 aromatic rings. The summed E-state index contributed by atoms with van der Waals surface area (Å²) >= 11 is 1.41. The average molecular weight is 296 g/mol. The Morgan fingerprint density at radius 2 is 1.85 bits per heavy atom. The van der Waals surface area contributed by atoms with Gasteiger partial charge >= 0.3 is 0 Å². The highest BCUT2D eigenvalue weighted by Gasteiger charge is 2.19. The van der Waals surface area contributed by atoms with Gasteiger partial charge in [0.05, 0.1) is 10.2 Å². The molecule has 0 saturated carbocycles. The predicted octanol–water partition coefficient (Wildman–Crippen LogP) is 3.19. The van der Waals surface area contributed by atoms with Crippen LogP contribution in [0.4, 0.5) is 5.69 Å². The average Bonchev–Trinajstić information content (AvgIpc) is 2.37. The summed E-state index contributed by atoms with van der Waals surface area (Å²) < 4.78 is 0. The van der Waals surface area contributed by atoms with E-state index < -0.39 is 4.92 Å². The molecule has 110 valence electrons. The lowest BCUT2D eigenvalue weighted by atomic mass is 10.2. The number of carbonyl (C=O) groups is 1. The Kier molecular flexibility index (Phi) is 6.01. The highest BCUT2D eigenvalue weighted by Crippen LogP contribution is 2.26. The molecule has 0 bridgehead atoms. The van der Waals surface area contributed by atoms with Crippen LogP contribution in [0.2, 0.25) is 0 Å². The molecule has 0 aliphatic heterocycles. The molecular formula is C14H20N2O3S. The molecular weight excluding hydrogens is 276 g/mol. The van der Waals surface area contributed by atoms with E-state index in [-0.39, 0.29) is 16.8 Å². The van der Waals surface area contributed by atoms with Crippen LogP contribution < -0.4 is 0 Å². The summed E-state index contributed by atoms with van der Waals surface area (Å²) in [6, 6.07) is 6.26. The van der Waals surface area contributed by atoms with Crippen LogP contribution in [0, 0.1) is 16.0 Å². The maximum absolute atomic E-state index is 12.2. The predicted molar refractivity (Wildman–Crippen MR) is 80.9 cm³/mol. The standard InChI is InChI=1S/C14H20N2O3S/c1-10(2)9-15(4)14(17)11(3)20-13-7-5-12(6-8-13)16(18)19/h5-8,10-11H,9H2,1-4H3. The number of carbonyl (C=O) groups excluding carboxylic acids is 1. The Morgan fingerprint density at radius 1 is 1.30 bits per heavy atom. The van der Waals surface area contributed by atoms with Crippen LogP contribution in [0.3, 0.4) is 0 Å². The lowest BCUT2D eigenvalue weighted by molar-refractivity contribution is -0.384. The van der Waals surface area contributed by atoms with E-state index in [1.807, 2.05) is 6.92 Å². The van der Waals surface area contributed by atoms with E-state index >= 15 is 0 Å². The Balaban J connectivity index is 2.63. The molecule has 0 saturated heterocycles. The molecule has 20 heavy (non-hydrogen) atoms. The fraction of sp³-hybridized carbons (Fsp3) is 0.500. The Hall–Kier alpha value is -1.56. The molecule has 1 aromatic carbocycles. The molecule has 0 aliphatic rings. The van der Waals surface area contributed by atoms with Gasteiger partial charge in [-0.1, -0.05) is 13.8 Å². The Bertz CT molecular complexity index is 474. The van der Waals surface area contributed by atoms with Gasteiger partial charge in [0.15, 0.2) is 0 Å². The van der Waals surface area contributed by atoms with Crippen LogP contribution in [0.25, 0.3) is 0 Å². The van der Waals surface area contributed by atoms with E-state index in [1.54, 1.807) is 24.1 Å². The molecule has 6 heteroatoms. The number of benzene rings is 1. The third-order valence-electron chi connectivity index (χ3n) is 2.72.